The van der Waals surface area contributed by atoms with Crippen molar-refractivity contribution in [1.82, 2.24) is 9.80 Å². The number of morpholine rings is 1. The van der Waals surface area contributed by atoms with Gasteiger partial charge in [0.2, 0.25) is 5.91 Å². The van der Waals surface area contributed by atoms with Crippen LogP contribution in [0.15, 0.2) is 24.3 Å². The van der Waals surface area contributed by atoms with E-state index in [0.717, 1.165) is 5.56 Å². The number of nitrogens with zero attached hydrogens (tertiary/aromatic N) is 2. The number of amides is 1. The number of rotatable bonds is 6. The normalized spacial score (nSPS) is 18.2. The molecule has 0 radical (unpaired) electrons. The summed E-state index contributed by atoms with van der Waals surface area (Å²) >= 11 is 6.22. The summed E-state index contributed by atoms with van der Waals surface area (Å²) in [6, 6.07) is 7.56. The fourth-order valence-electron chi connectivity index (χ4n) is 2.57. The molecule has 6 nitrogen and oxygen atoms in total. The van der Waals surface area contributed by atoms with E-state index in [1.165, 1.54) is 4.90 Å². The number of halogens is 1. The van der Waals surface area contributed by atoms with Crippen molar-refractivity contribution in [2.75, 3.05) is 46.4 Å². The molecule has 1 aliphatic rings. The first kappa shape index (κ1) is 18.7. The molecule has 2 rings (SSSR count). The van der Waals surface area contributed by atoms with Gasteiger partial charge in [-0.05, 0) is 13.0 Å². The first-order valence-corrected chi connectivity index (χ1v) is 8.37. The second-order valence-corrected chi connectivity index (χ2v) is 6.08. The number of hydrogen-bond acceptors (Lipinski definition) is 5. The number of esters is 1. The van der Waals surface area contributed by atoms with Crippen LogP contribution in [-0.2, 0) is 19.1 Å². The number of carbonyl (C=O) groups excluding carboxylic acids is 2. The van der Waals surface area contributed by atoms with Gasteiger partial charge in [-0.3, -0.25) is 14.5 Å². The van der Waals surface area contributed by atoms with Crippen LogP contribution < -0.4 is 0 Å². The minimum absolute atomic E-state index is 0.0368. The molecule has 1 aromatic carbocycles. The molecule has 1 amide bonds. The zero-order valence-corrected chi connectivity index (χ0v) is 14.8. The lowest BCUT2D eigenvalue weighted by molar-refractivity contribution is -0.148. The Bertz CT molecular complexity index is 581. The topological polar surface area (TPSA) is 59.1 Å². The van der Waals surface area contributed by atoms with E-state index >= 15 is 0 Å². The quantitative estimate of drug-likeness (QED) is 0.728. The maximum Gasteiger partial charge on any atom is 0.325 e. The molecule has 0 aromatic heterocycles. The highest BCUT2D eigenvalue weighted by molar-refractivity contribution is 6.31. The van der Waals surface area contributed by atoms with Crippen molar-refractivity contribution in [2.24, 2.45) is 0 Å². The molecule has 7 heteroatoms. The Kier molecular flexibility index (Phi) is 7.02. The molecule has 1 heterocycles. The van der Waals surface area contributed by atoms with Crippen LogP contribution >= 0.6 is 11.6 Å². The molecule has 1 saturated heterocycles. The van der Waals surface area contributed by atoms with Crippen LogP contribution in [0.1, 0.15) is 18.6 Å². The monoisotopic (exact) mass is 354 g/mol. The van der Waals surface area contributed by atoms with Crippen molar-refractivity contribution in [3.05, 3.63) is 34.9 Å². The summed E-state index contributed by atoms with van der Waals surface area (Å²) in [4.78, 5) is 27.1. The van der Waals surface area contributed by atoms with Gasteiger partial charge in [0.05, 0.1) is 25.9 Å². The third kappa shape index (κ3) is 5.19. The zero-order chi connectivity index (χ0) is 17.5. The maximum absolute atomic E-state index is 12.3. The summed E-state index contributed by atoms with van der Waals surface area (Å²) in [5.41, 5.74) is 0.927. The van der Waals surface area contributed by atoms with Gasteiger partial charge < -0.3 is 14.4 Å². The van der Waals surface area contributed by atoms with Crippen molar-refractivity contribution in [2.45, 2.75) is 13.0 Å². The zero-order valence-electron chi connectivity index (χ0n) is 14.0. The van der Waals surface area contributed by atoms with Gasteiger partial charge in [-0.2, -0.15) is 0 Å². The lowest BCUT2D eigenvalue weighted by Gasteiger charge is -2.33. The van der Waals surface area contributed by atoms with Gasteiger partial charge in [-0.25, -0.2) is 0 Å². The first-order valence-electron chi connectivity index (χ1n) is 7.99. The van der Waals surface area contributed by atoms with Gasteiger partial charge >= 0.3 is 5.97 Å². The molecule has 1 unspecified atom stereocenters. The van der Waals surface area contributed by atoms with E-state index in [9.17, 15) is 9.59 Å². The molecular weight excluding hydrogens is 332 g/mol. The SMILES string of the molecule is CCOC(=O)CN(C)C(=O)CN1CCOC(c2ccccc2Cl)C1. The van der Waals surface area contributed by atoms with Crippen LogP contribution in [0.2, 0.25) is 5.02 Å². The molecule has 0 spiro atoms. The Labute approximate surface area is 147 Å². The van der Waals surface area contributed by atoms with Gasteiger partial charge in [0, 0.05) is 30.7 Å². The van der Waals surface area contributed by atoms with Crippen molar-refractivity contribution < 1.29 is 19.1 Å². The van der Waals surface area contributed by atoms with Gasteiger partial charge in [0.1, 0.15) is 6.54 Å². The number of hydrogen-bond donors (Lipinski definition) is 0. The van der Waals surface area contributed by atoms with E-state index in [4.69, 9.17) is 21.1 Å². The molecule has 24 heavy (non-hydrogen) atoms. The fraction of sp³-hybridized carbons (Fsp3) is 0.529. The number of ether oxygens (including phenoxy) is 2. The summed E-state index contributed by atoms with van der Waals surface area (Å²) in [6.07, 6.45) is -0.157. The fourth-order valence-corrected chi connectivity index (χ4v) is 2.83. The molecule has 1 aromatic rings. The van der Waals surface area contributed by atoms with Gasteiger partial charge in [-0.1, -0.05) is 29.8 Å². The smallest absolute Gasteiger partial charge is 0.325 e. The van der Waals surface area contributed by atoms with Crippen LogP contribution in [0.5, 0.6) is 0 Å². The van der Waals surface area contributed by atoms with Crippen molar-refractivity contribution in [3.63, 3.8) is 0 Å². The molecule has 1 aliphatic heterocycles. The third-order valence-corrected chi connectivity index (χ3v) is 4.20. The Morgan fingerprint density at radius 3 is 2.88 bits per heavy atom. The van der Waals surface area contributed by atoms with Gasteiger partial charge in [0.15, 0.2) is 0 Å². The molecule has 132 valence electrons. The van der Waals surface area contributed by atoms with Gasteiger partial charge in [0.25, 0.3) is 0 Å². The maximum atomic E-state index is 12.3. The molecule has 0 N–H and O–H groups in total. The highest BCUT2D eigenvalue weighted by Gasteiger charge is 2.26. The Hall–Kier alpha value is -1.63. The minimum atomic E-state index is -0.399. The molecular formula is C17H23ClN2O4. The van der Waals surface area contributed by atoms with E-state index in [-0.39, 0.29) is 25.1 Å². The number of likely N-dealkylation sites (N-methyl/N-ethyl adjacent to an activating group) is 1. The lowest BCUT2D eigenvalue weighted by atomic mass is 10.1. The number of carbonyl (C=O) groups is 2. The number of benzene rings is 1. The van der Waals surface area contributed by atoms with E-state index < -0.39 is 5.97 Å². The molecule has 0 saturated carbocycles. The molecule has 0 aliphatic carbocycles. The minimum Gasteiger partial charge on any atom is -0.465 e. The van der Waals surface area contributed by atoms with Crippen molar-refractivity contribution in [3.8, 4) is 0 Å². The highest BCUT2D eigenvalue weighted by atomic mass is 35.5. The summed E-state index contributed by atoms with van der Waals surface area (Å²) < 4.78 is 10.6. The van der Waals surface area contributed by atoms with Crippen LogP contribution in [0.25, 0.3) is 0 Å². The average Bonchev–Trinajstić information content (AvgIpc) is 2.55. The molecule has 1 atom stereocenters. The second-order valence-electron chi connectivity index (χ2n) is 5.67. The van der Waals surface area contributed by atoms with Crippen LogP contribution in [0, 0.1) is 0 Å². The van der Waals surface area contributed by atoms with Crippen molar-refractivity contribution >= 4 is 23.5 Å². The Morgan fingerprint density at radius 2 is 2.17 bits per heavy atom. The summed E-state index contributed by atoms with van der Waals surface area (Å²) in [6.45, 7) is 4.03. The lowest BCUT2D eigenvalue weighted by Crippen LogP contribution is -2.45. The van der Waals surface area contributed by atoms with E-state index in [0.29, 0.717) is 31.3 Å². The predicted molar refractivity (Wildman–Crippen MR) is 90.9 cm³/mol. The van der Waals surface area contributed by atoms with Crippen LogP contribution in [0.3, 0.4) is 0 Å². The summed E-state index contributed by atoms with van der Waals surface area (Å²) in [7, 11) is 1.60. The van der Waals surface area contributed by atoms with Crippen LogP contribution in [0.4, 0.5) is 0 Å². The van der Waals surface area contributed by atoms with Crippen molar-refractivity contribution in [1.29, 1.82) is 0 Å². The molecule has 1 fully saturated rings. The highest BCUT2D eigenvalue weighted by Crippen LogP contribution is 2.28. The predicted octanol–water partition coefficient (Wildman–Crippen LogP) is 1.73. The standard InChI is InChI=1S/C17H23ClN2O4/c1-3-23-17(22)12-19(2)16(21)11-20-8-9-24-15(10-20)13-6-4-5-7-14(13)18/h4-7,15H,3,8-12H2,1-2H3. The van der Waals surface area contributed by atoms with Crippen LogP contribution in [-0.4, -0.2) is 68.1 Å². The Balaban J connectivity index is 1.89. The largest absolute Gasteiger partial charge is 0.465 e. The Morgan fingerprint density at radius 1 is 1.42 bits per heavy atom. The summed E-state index contributed by atoms with van der Waals surface area (Å²) in [5, 5.41) is 0.662. The summed E-state index contributed by atoms with van der Waals surface area (Å²) in [5.74, 6) is -0.521. The van der Waals surface area contributed by atoms with E-state index in [1.807, 2.05) is 29.2 Å². The average molecular weight is 355 g/mol. The second kappa shape index (κ2) is 9.01. The van der Waals surface area contributed by atoms with E-state index in [2.05, 4.69) is 0 Å². The van der Waals surface area contributed by atoms with E-state index in [1.54, 1.807) is 14.0 Å². The van der Waals surface area contributed by atoms with Gasteiger partial charge in [-0.15, -0.1) is 0 Å². The third-order valence-electron chi connectivity index (χ3n) is 3.86. The molecule has 0 bridgehead atoms. The first-order chi connectivity index (χ1) is 11.5.